The van der Waals surface area contributed by atoms with Crippen LogP contribution in [0, 0.1) is 0 Å². The Labute approximate surface area is 104 Å². The first-order chi connectivity index (χ1) is 9.42. The molecule has 0 N–H and O–H groups in total. The van der Waals surface area contributed by atoms with Crippen LogP contribution < -0.4 is 0 Å². The van der Waals surface area contributed by atoms with E-state index in [0.29, 0.717) is 19.3 Å². The molecule has 16 heavy (non-hydrogen) atoms. The van der Waals surface area contributed by atoms with E-state index in [9.17, 15) is 9.59 Å². The SMILES string of the molecule is [2H]C(CCC=O)C([2H])CCC([2H])C([2H])CCC(=O)OC. The molecule has 0 heterocycles. The summed E-state index contributed by atoms with van der Waals surface area (Å²) in [6, 6.07) is 0. The van der Waals surface area contributed by atoms with Crippen LogP contribution in [0.1, 0.15) is 69.6 Å². The van der Waals surface area contributed by atoms with Crippen LogP contribution in [-0.4, -0.2) is 19.4 Å². The first kappa shape index (κ1) is 9.20. The largest absolute Gasteiger partial charge is 0.469 e. The van der Waals surface area contributed by atoms with Crippen LogP contribution in [0.5, 0.6) is 0 Å². The highest BCUT2D eigenvalue weighted by atomic mass is 16.5. The van der Waals surface area contributed by atoms with E-state index in [0.717, 1.165) is 6.29 Å². The Hall–Kier alpha value is -0.860. The molecule has 0 amide bonds. The van der Waals surface area contributed by atoms with Crippen LogP contribution in [0.4, 0.5) is 0 Å². The molecule has 0 radical (unpaired) electrons. The number of methoxy groups -OCH3 is 1. The van der Waals surface area contributed by atoms with Crippen molar-refractivity contribution < 1.29 is 19.8 Å². The highest BCUT2D eigenvalue weighted by Gasteiger charge is 1.98. The van der Waals surface area contributed by atoms with Gasteiger partial charge < -0.3 is 9.53 Å². The molecule has 0 aromatic rings. The van der Waals surface area contributed by atoms with E-state index in [1.54, 1.807) is 0 Å². The summed E-state index contributed by atoms with van der Waals surface area (Å²) in [4.78, 5) is 21.1. The fraction of sp³-hybridized carbons (Fsp3) is 0.846. The van der Waals surface area contributed by atoms with Crippen molar-refractivity contribution in [1.82, 2.24) is 0 Å². The highest BCUT2D eigenvalue weighted by Crippen LogP contribution is 2.10. The van der Waals surface area contributed by atoms with Crippen LogP contribution in [0.25, 0.3) is 0 Å². The molecule has 0 aromatic heterocycles. The van der Waals surface area contributed by atoms with Gasteiger partial charge in [-0.25, -0.2) is 0 Å². The number of ether oxygens (including phenoxy) is 1. The van der Waals surface area contributed by atoms with Crippen LogP contribution >= 0.6 is 0 Å². The van der Waals surface area contributed by atoms with E-state index in [1.807, 2.05) is 0 Å². The quantitative estimate of drug-likeness (QED) is 0.405. The first-order valence-corrected chi connectivity index (χ1v) is 5.61. The van der Waals surface area contributed by atoms with Crippen LogP contribution in [0.2, 0.25) is 0 Å². The van der Waals surface area contributed by atoms with E-state index >= 15 is 0 Å². The zero-order valence-electron chi connectivity index (χ0n) is 13.9. The average molecular weight is 232 g/mol. The summed E-state index contributed by atoms with van der Waals surface area (Å²) < 4.78 is 35.5. The van der Waals surface area contributed by atoms with Gasteiger partial charge in [-0.1, -0.05) is 38.4 Å². The first-order valence-electron chi connectivity index (χ1n) is 7.92. The lowest BCUT2D eigenvalue weighted by Gasteiger charge is -2.01. The number of hydrogen-bond acceptors (Lipinski definition) is 3. The van der Waals surface area contributed by atoms with Crippen LogP contribution in [-0.2, 0) is 14.3 Å². The fourth-order valence-electron chi connectivity index (χ4n) is 1.13. The Bertz CT molecular complexity index is 289. The van der Waals surface area contributed by atoms with Crippen molar-refractivity contribution in [1.29, 1.82) is 0 Å². The minimum Gasteiger partial charge on any atom is -0.469 e. The molecule has 0 aliphatic heterocycles. The van der Waals surface area contributed by atoms with Gasteiger partial charge in [-0.15, -0.1) is 0 Å². The maximum atomic E-state index is 10.9. The second-order valence-corrected chi connectivity index (χ2v) is 3.38. The molecule has 3 nitrogen and oxygen atoms in total. The van der Waals surface area contributed by atoms with Crippen molar-refractivity contribution in [3.05, 3.63) is 0 Å². The van der Waals surface area contributed by atoms with Gasteiger partial charge in [0, 0.05) is 18.3 Å². The van der Waals surface area contributed by atoms with Gasteiger partial charge in [0.1, 0.15) is 6.29 Å². The Morgan fingerprint density at radius 3 is 2.25 bits per heavy atom. The molecule has 0 aromatic carbocycles. The van der Waals surface area contributed by atoms with Crippen molar-refractivity contribution in [2.75, 3.05) is 7.11 Å². The standard InChI is InChI=1S/C13H24O3/c1-16-13(15)11-9-7-5-3-2-4-6-8-10-12-14/h12H,2-11H2,1H3/i4D,5D,6D,7D. The summed E-state index contributed by atoms with van der Waals surface area (Å²) >= 11 is 0. The van der Waals surface area contributed by atoms with Gasteiger partial charge in [0.2, 0.25) is 0 Å². The lowest BCUT2D eigenvalue weighted by molar-refractivity contribution is -0.140. The zero-order valence-corrected chi connectivity index (χ0v) is 9.85. The zero-order chi connectivity index (χ0) is 15.5. The summed E-state index contributed by atoms with van der Waals surface area (Å²) in [5, 5.41) is 0. The third-order valence-electron chi connectivity index (χ3n) is 2.03. The Morgan fingerprint density at radius 2 is 1.69 bits per heavy atom. The maximum absolute atomic E-state index is 10.9. The van der Waals surface area contributed by atoms with E-state index in [2.05, 4.69) is 4.74 Å². The van der Waals surface area contributed by atoms with Crippen LogP contribution in [0.15, 0.2) is 0 Å². The summed E-state index contributed by atoms with van der Waals surface area (Å²) in [6.45, 7) is 0. The number of rotatable bonds is 11. The minimum absolute atomic E-state index is 0.130. The second kappa shape index (κ2) is 12.2. The second-order valence-electron chi connectivity index (χ2n) is 3.38. The van der Waals surface area contributed by atoms with Crippen molar-refractivity contribution in [3.8, 4) is 0 Å². The molecule has 0 fully saturated rings. The lowest BCUT2D eigenvalue weighted by Crippen LogP contribution is -1.99. The van der Waals surface area contributed by atoms with Crippen molar-refractivity contribution in [2.24, 2.45) is 0 Å². The molecule has 0 saturated carbocycles. The summed E-state index contributed by atoms with van der Waals surface area (Å²) in [6.07, 6.45) is -0.0539. The number of carbonyl (C=O) groups excluding carboxylic acids is 2. The van der Waals surface area contributed by atoms with E-state index in [4.69, 9.17) is 5.48 Å². The predicted molar refractivity (Wildman–Crippen MR) is 64.3 cm³/mol. The average Bonchev–Trinajstić information content (AvgIpc) is 2.46. The summed E-state index contributed by atoms with van der Waals surface area (Å²) in [7, 11) is 1.29. The smallest absolute Gasteiger partial charge is 0.305 e. The van der Waals surface area contributed by atoms with Crippen molar-refractivity contribution in [3.63, 3.8) is 0 Å². The molecule has 94 valence electrons. The molecular weight excluding hydrogens is 204 g/mol. The molecule has 0 aliphatic carbocycles. The monoisotopic (exact) mass is 232 g/mol. The van der Waals surface area contributed by atoms with E-state index in [1.165, 1.54) is 7.11 Å². The highest BCUT2D eigenvalue weighted by molar-refractivity contribution is 5.68. The van der Waals surface area contributed by atoms with Gasteiger partial charge in [0.05, 0.1) is 7.11 Å². The predicted octanol–water partition coefficient (Wildman–Crippen LogP) is 3.26. The van der Waals surface area contributed by atoms with E-state index < -0.39 is 25.6 Å². The molecule has 0 bridgehead atoms. The Balaban J connectivity index is 3.92. The third kappa shape index (κ3) is 11.2. The molecule has 0 saturated heterocycles. The Morgan fingerprint density at radius 1 is 1.12 bits per heavy atom. The van der Waals surface area contributed by atoms with Crippen LogP contribution in [0.3, 0.4) is 0 Å². The number of aldehydes is 1. The van der Waals surface area contributed by atoms with Gasteiger partial charge >= 0.3 is 5.97 Å². The summed E-state index contributed by atoms with van der Waals surface area (Å²) in [5.41, 5.74) is 0. The number of carbonyl (C=O) groups is 2. The number of hydrogen-bond donors (Lipinski definition) is 0. The third-order valence-corrected chi connectivity index (χ3v) is 2.03. The van der Waals surface area contributed by atoms with Crippen molar-refractivity contribution >= 4 is 12.3 Å². The minimum atomic E-state index is -0.680. The van der Waals surface area contributed by atoms with Gasteiger partial charge in [0.25, 0.3) is 0 Å². The molecule has 4 atom stereocenters. The van der Waals surface area contributed by atoms with Gasteiger partial charge in [-0.3, -0.25) is 4.79 Å². The van der Waals surface area contributed by atoms with Gasteiger partial charge in [-0.05, 0) is 12.8 Å². The normalized spacial score (nSPS) is 21.6. The van der Waals surface area contributed by atoms with E-state index in [-0.39, 0.29) is 25.2 Å². The molecule has 0 aliphatic rings. The van der Waals surface area contributed by atoms with Crippen molar-refractivity contribution in [2.45, 2.75) is 64.1 Å². The molecule has 3 heteroatoms. The lowest BCUT2D eigenvalue weighted by atomic mass is 10.1. The van der Waals surface area contributed by atoms with Gasteiger partial charge in [0.15, 0.2) is 0 Å². The molecule has 4 unspecified atom stereocenters. The maximum Gasteiger partial charge on any atom is 0.305 e. The summed E-state index contributed by atoms with van der Waals surface area (Å²) in [5.74, 6) is -0.382. The molecule has 0 rings (SSSR count). The molecule has 0 spiro atoms. The topological polar surface area (TPSA) is 43.4 Å². The fourth-order valence-corrected chi connectivity index (χ4v) is 1.13. The molecular formula is C13H24O3. The Kier molecular flexibility index (Phi) is 7.02. The van der Waals surface area contributed by atoms with Gasteiger partial charge in [-0.2, -0.15) is 0 Å². The number of esters is 1.